The van der Waals surface area contributed by atoms with Crippen LogP contribution < -0.4 is 5.32 Å². The molecule has 1 aromatic carbocycles. The summed E-state index contributed by atoms with van der Waals surface area (Å²) in [6, 6.07) is 6.02. The van der Waals surface area contributed by atoms with E-state index < -0.39 is 0 Å². The molecule has 0 spiro atoms. The molecule has 108 valence electrons. The third kappa shape index (κ3) is 3.75. The minimum absolute atomic E-state index is 0.234. The molecule has 0 fully saturated rings. The lowest BCUT2D eigenvalue weighted by Gasteiger charge is -2.16. The van der Waals surface area contributed by atoms with Crippen LogP contribution in [0.25, 0.3) is 0 Å². The number of aryl methyl sites for hydroxylation is 1. The third-order valence-electron chi connectivity index (χ3n) is 3.25. The van der Waals surface area contributed by atoms with Crippen LogP contribution in [0, 0.1) is 0 Å². The van der Waals surface area contributed by atoms with E-state index in [0.717, 1.165) is 25.1 Å². The lowest BCUT2D eigenvalue weighted by atomic mass is 10.0. The molecule has 1 atom stereocenters. The number of likely N-dealkylation sites (N-methyl/N-ethyl adjacent to an activating group) is 1. The summed E-state index contributed by atoms with van der Waals surface area (Å²) in [6.07, 6.45) is 4.87. The van der Waals surface area contributed by atoms with E-state index in [2.05, 4.69) is 30.5 Å². The van der Waals surface area contributed by atoms with Crippen LogP contribution in [0.1, 0.15) is 31.0 Å². The van der Waals surface area contributed by atoms with Crippen LogP contribution in [0.5, 0.6) is 0 Å². The summed E-state index contributed by atoms with van der Waals surface area (Å²) >= 11 is 12.0. The second-order valence-corrected chi connectivity index (χ2v) is 5.51. The molecule has 2 aromatic rings. The zero-order valence-corrected chi connectivity index (χ0v) is 13.2. The highest BCUT2D eigenvalue weighted by Gasteiger charge is 2.14. The highest BCUT2D eigenvalue weighted by atomic mass is 35.5. The fraction of sp³-hybridized carbons (Fsp3) is 0.400. The van der Waals surface area contributed by atoms with Gasteiger partial charge >= 0.3 is 0 Å². The van der Waals surface area contributed by atoms with Crippen molar-refractivity contribution in [1.29, 1.82) is 0 Å². The first kappa shape index (κ1) is 15.4. The van der Waals surface area contributed by atoms with Gasteiger partial charge in [0.05, 0.1) is 16.2 Å². The smallest absolute Gasteiger partial charge is 0.0595 e. The van der Waals surface area contributed by atoms with Crippen molar-refractivity contribution >= 4 is 23.2 Å². The monoisotopic (exact) mass is 311 g/mol. The minimum Gasteiger partial charge on any atom is -0.310 e. The van der Waals surface area contributed by atoms with Crippen LogP contribution in [0.4, 0.5) is 0 Å². The predicted octanol–water partition coefficient (Wildman–Crippen LogP) is 4.10. The Morgan fingerprint density at radius 3 is 2.65 bits per heavy atom. The Hall–Kier alpha value is -1.03. The van der Waals surface area contributed by atoms with E-state index in [-0.39, 0.29) is 6.04 Å². The molecule has 1 N–H and O–H groups in total. The van der Waals surface area contributed by atoms with Gasteiger partial charge in [-0.05, 0) is 37.6 Å². The number of aromatic nitrogens is 2. The molecule has 0 bridgehead atoms. The third-order valence-corrected chi connectivity index (χ3v) is 3.99. The molecule has 0 radical (unpaired) electrons. The highest BCUT2D eigenvalue weighted by Crippen LogP contribution is 2.25. The van der Waals surface area contributed by atoms with Gasteiger partial charge in [0, 0.05) is 24.3 Å². The quantitative estimate of drug-likeness (QED) is 0.870. The Labute approximate surface area is 129 Å². The molecule has 0 aliphatic heterocycles. The van der Waals surface area contributed by atoms with E-state index in [0.29, 0.717) is 10.0 Å². The average molecular weight is 312 g/mol. The van der Waals surface area contributed by atoms with Crippen LogP contribution in [0.3, 0.4) is 0 Å². The molecule has 0 aliphatic carbocycles. The normalized spacial score (nSPS) is 12.6. The molecule has 1 aromatic heterocycles. The topological polar surface area (TPSA) is 29.9 Å². The Kier molecular flexibility index (Phi) is 5.46. The minimum atomic E-state index is 0.234. The molecule has 3 nitrogen and oxygen atoms in total. The van der Waals surface area contributed by atoms with Crippen molar-refractivity contribution in [3.63, 3.8) is 0 Å². The number of hydrogen-bond donors (Lipinski definition) is 1. The first-order valence-corrected chi connectivity index (χ1v) is 7.59. The first-order chi connectivity index (χ1) is 9.63. The number of nitrogens with one attached hydrogen (secondary N) is 1. The summed E-state index contributed by atoms with van der Waals surface area (Å²) in [7, 11) is 0. The first-order valence-electron chi connectivity index (χ1n) is 6.83. The molecule has 5 heteroatoms. The summed E-state index contributed by atoms with van der Waals surface area (Å²) in [5, 5.41) is 9.02. The second kappa shape index (κ2) is 7.11. The van der Waals surface area contributed by atoms with E-state index in [1.807, 2.05) is 29.1 Å². The maximum Gasteiger partial charge on any atom is 0.0595 e. The van der Waals surface area contributed by atoms with Crippen molar-refractivity contribution in [2.45, 2.75) is 32.9 Å². The summed E-state index contributed by atoms with van der Waals surface area (Å²) in [5.41, 5.74) is 2.36. The van der Waals surface area contributed by atoms with Crippen molar-refractivity contribution in [1.82, 2.24) is 15.1 Å². The number of halogens is 2. The van der Waals surface area contributed by atoms with Crippen LogP contribution in [-0.4, -0.2) is 16.3 Å². The Morgan fingerprint density at radius 2 is 2.05 bits per heavy atom. The van der Waals surface area contributed by atoms with Crippen molar-refractivity contribution in [2.75, 3.05) is 6.54 Å². The molecular weight excluding hydrogens is 293 g/mol. The van der Waals surface area contributed by atoms with Gasteiger partial charge in [-0.2, -0.15) is 5.10 Å². The summed E-state index contributed by atoms with van der Waals surface area (Å²) in [4.78, 5) is 0. The van der Waals surface area contributed by atoms with E-state index in [1.54, 1.807) is 0 Å². The van der Waals surface area contributed by atoms with Crippen LogP contribution >= 0.6 is 23.2 Å². The molecule has 0 amide bonds. The van der Waals surface area contributed by atoms with Gasteiger partial charge in [0.2, 0.25) is 0 Å². The molecule has 0 aliphatic rings. The van der Waals surface area contributed by atoms with Gasteiger partial charge in [0.1, 0.15) is 0 Å². The molecule has 2 rings (SSSR count). The van der Waals surface area contributed by atoms with E-state index >= 15 is 0 Å². The maximum absolute atomic E-state index is 6.08. The average Bonchev–Trinajstić information content (AvgIpc) is 2.91. The number of benzene rings is 1. The fourth-order valence-electron chi connectivity index (χ4n) is 2.19. The largest absolute Gasteiger partial charge is 0.310 e. The lowest BCUT2D eigenvalue weighted by molar-refractivity contribution is 0.548. The number of nitrogens with zero attached hydrogens (tertiary/aromatic N) is 2. The second-order valence-electron chi connectivity index (χ2n) is 4.69. The van der Waals surface area contributed by atoms with Gasteiger partial charge in [-0.15, -0.1) is 0 Å². The fourth-order valence-corrected chi connectivity index (χ4v) is 2.51. The maximum atomic E-state index is 6.08. The standard InChI is InChI=1S/C15H19Cl2N3/c1-3-18-15(12-9-19-20(4-2)10-12)8-11-5-6-13(16)14(17)7-11/h5-7,9-10,15,18H,3-4,8H2,1-2H3. The molecule has 20 heavy (non-hydrogen) atoms. The van der Waals surface area contributed by atoms with Gasteiger partial charge < -0.3 is 5.32 Å². The Bertz CT molecular complexity index is 566. The van der Waals surface area contributed by atoms with Crippen molar-refractivity contribution in [3.05, 3.63) is 51.8 Å². The van der Waals surface area contributed by atoms with Gasteiger partial charge in [-0.1, -0.05) is 36.2 Å². The lowest BCUT2D eigenvalue weighted by Crippen LogP contribution is -2.22. The molecular formula is C15H19Cl2N3. The van der Waals surface area contributed by atoms with Crippen LogP contribution in [-0.2, 0) is 13.0 Å². The highest BCUT2D eigenvalue weighted by molar-refractivity contribution is 6.42. The van der Waals surface area contributed by atoms with Gasteiger partial charge in [0.15, 0.2) is 0 Å². The zero-order valence-electron chi connectivity index (χ0n) is 11.7. The van der Waals surface area contributed by atoms with Crippen molar-refractivity contribution < 1.29 is 0 Å². The Balaban J connectivity index is 2.18. The zero-order chi connectivity index (χ0) is 14.5. The van der Waals surface area contributed by atoms with Crippen molar-refractivity contribution in [2.24, 2.45) is 0 Å². The van der Waals surface area contributed by atoms with E-state index in [1.165, 1.54) is 5.56 Å². The molecule has 0 saturated carbocycles. The van der Waals surface area contributed by atoms with E-state index in [9.17, 15) is 0 Å². The van der Waals surface area contributed by atoms with Crippen LogP contribution in [0.15, 0.2) is 30.6 Å². The van der Waals surface area contributed by atoms with Gasteiger partial charge in [0.25, 0.3) is 0 Å². The molecule has 1 heterocycles. The summed E-state index contributed by atoms with van der Waals surface area (Å²) in [5.74, 6) is 0. The van der Waals surface area contributed by atoms with Crippen LogP contribution in [0.2, 0.25) is 10.0 Å². The molecule has 0 saturated heterocycles. The van der Waals surface area contributed by atoms with Gasteiger partial charge in [-0.3, -0.25) is 4.68 Å². The SMILES string of the molecule is CCNC(Cc1ccc(Cl)c(Cl)c1)c1cnn(CC)c1. The van der Waals surface area contributed by atoms with Gasteiger partial charge in [-0.25, -0.2) is 0 Å². The Morgan fingerprint density at radius 1 is 1.25 bits per heavy atom. The number of hydrogen-bond acceptors (Lipinski definition) is 2. The number of rotatable bonds is 6. The summed E-state index contributed by atoms with van der Waals surface area (Å²) in [6.45, 7) is 5.97. The van der Waals surface area contributed by atoms with E-state index in [4.69, 9.17) is 23.2 Å². The summed E-state index contributed by atoms with van der Waals surface area (Å²) < 4.78 is 1.94. The molecule has 1 unspecified atom stereocenters. The predicted molar refractivity (Wildman–Crippen MR) is 84.5 cm³/mol. The van der Waals surface area contributed by atoms with Crippen molar-refractivity contribution in [3.8, 4) is 0 Å².